The fraction of sp³-hybridized carbons (Fsp3) is 0.429. The van der Waals surface area contributed by atoms with Crippen LogP contribution >= 0.6 is 0 Å². The number of nitrogens with one attached hydrogen (secondary N) is 1. The molecule has 1 aromatic heterocycles. The van der Waals surface area contributed by atoms with Gasteiger partial charge >= 0.3 is 0 Å². The van der Waals surface area contributed by atoms with E-state index < -0.39 is 0 Å². The normalized spacial score (nSPS) is 9.64. The molecule has 4 nitrogen and oxygen atoms in total. The van der Waals surface area contributed by atoms with E-state index in [0.717, 1.165) is 5.82 Å². The van der Waals surface area contributed by atoms with Crippen molar-refractivity contribution in [1.82, 2.24) is 14.9 Å². The summed E-state index contributed by atoms with van der Waals surface area (Å²) < 4.78 is 1.83. The third-order valence-corrected chi connectivity index (χ3v) is 1.52. The van der Waals surface area contributed by atoms with E-state index in [1.165, 1.54) is 0 Å². The highest BCUT2D eigenvalue weighted by atomic mass is 16.1. The Labute approximate surface area is 65.2 Å². The highest BCUT2D eigenvalue weighted by molar-refractivity contribution is 5.77. The fourth-order valence-electron chi connectivity index (χ4n) is 0.799. The smallest absolute Gasteiger partial charge is 0.227 e. The topological polar surface area (TPSA) is 46.9 Å². The number of carbonyl (C=O) groups excluding carboxylic acids is 1. The first kappa shape index (κ1) is 7.78. The number of aryl methyl sites for hydroxylation is 1. The number of likely N-dealkylation sites (N-methyl/N-ethyl adjacent to an activating group) is 1. The van der Waals surface area contributed by atoms with Crippen LogP contribution in [0.5, 0.6) is 0 Å². The molecule has 0 atom stereocenters. The van der Waals surface area contributed by atoms with Gasteiger partial charge in [0.05, 0.1) is 6.42 Å². The standard InChI is InChI=1S/C7H11N3O/c1-8-7(11)5-6-9-3-4-10(6)2/h3-4H,5H2,1-2H3,(H,8,11). The summed E-state index contributed by atoms with van der Waals surface area (Å²) in [6.45, 7) is 0. The van der Waals surface area contributed by atoms with Crippen molar-refractivity contribution in [2.45, 2.75) is 6.42 Å². The molecule has 0 spiro atoms. The van der Waals surface area contributed by atoms with Gasteiger partial charge in [-0.05, 0) is 0 Å². The van der Waals surface area contributed by atoms with Gasteiger partial charge in [-0.15, -0.1) is 0 Å². The number of nitrogens with zero attached hydrogens (tertiary/aromatic N) is 2. The molecule has 0 saturated carbocycles. The zero-order valence-corrected chi connectivity index (χ0v) is 6.66. The number of imidazole rings is 1. The number of rotatable bonds is 2. The number of aromatic nitrogens is 2. The van der Waals surface area contributed by atoms with E-state index in [0.29, 0.717) is 6.42 Å². The molecule has 1 amide bonds. The average Bonchev–Trinajstić information content (AvgIpc) is 2.37. The molecule has 1 aromatic rings. The lowest BCUT2D eigenvalue weighted by molar-refractivity contribution is -0.120. The van der Waals surface area contributed by atoms with Crippen molar-refractivity contribution in [3.05, 3.63) is 18.2 Å². The molecule has 1 N–H and O–H groups in total. The Morgan fingerprint density at radius 3 is 3.00 bits per heavy atom. The van der Waals surface area contributed by atoms with Gasteiger partial charge in [0.15, 0.2) is 0 Å². The summed E-state index contributed by atoms with van der Waals surface area (Å²) in [6, 6.07) is 0. The molecule has 11 heavy (non-hydrogen) atoms. The molecule has 0 bridgehead atoms. The second kappa shape index (κ2) is 3.18. The predicted molar refractivity (Wildman–Crippen MR) is 41.0 cm³/mol. The highest BCUT2D eigenvalue weighted by Gasteiger charge is 2.03. The summed E-state index contributed by atoms with van der Waals surface area (Å²) in [5.41, 5.74) is 0. The first-order valence-electron chi connectivity index (χ1n) is 3.41. The summed E-state index contributed by atoms with van der Waals surface area (Å²) in [4.78, 5) is 14.9. The quantitative estimate of drug-likeness (QED) is 0.634. The third-order valence-electron chi connectivity index (χ3n) is 1.52. The second-order valence-corrected chi connectivity index (χ2v) is 2.30. The first-order valence-corrected chi connectivity index (χ1v) is 3.41. The maximum atomic E-state index is 10.9. The fourth-order valence-corrected chi connectivity index (χ4v) is 0.799. The summed E-state index contributed by atoms with van der Waals surface area (Å²) in [5.74, 6) is 0.767. The lowest BCUT2D eigenvalue weighted by atomic mass is 10.4. The molecule has 4 heteroatoms. The molecule has 0 aliphatic rings. The van der Waals surface area contributed by atoms with E-state index in [4.69, 9.17) is 0 Å². The van der Waals surface area contributed by atoms with Gasteiger partial charge in [-0.1, -0.05) is 0 Å². The van der Waals surface area contributed by atoms with Crippen LogP contribution < -0.4 is 5.32 Å². The molecule has 1 rings (SSSR count). The Bertz CT molecular complexity index is 254. The van der Waals surface area contributed by atoms with Crippen LogP contribution in [0.3, 0.4) is 0 Å². The van der Waals surface area contributed by atoms with E-state index in [-0.39, 0.29) is 5.91 Å². The molecule has 0 fully saturated rings. The van der Waals surface area contributed by atoms with Crippen LogP contribution in [-0.2, 0) is 18.3 Å². The number of hydrogen-bond acceptors (Lipinski definition) is 2. The van der Waals surface area contributed by atoms with E-state index in [1.54, 1.807) is 13.2 Å². The van der Waals surface area contributed by atoms with Gasteiger partial charge in [0, 0.05) is 26.5 Å². The van der Waals surface area contributed by atoms with Crippen LogP contribution in [0.4, 0.5) is 0 Å². The van der Waals surface area contributed by atoms with Crippen LogP contribution in [0.15, 0.2) is 12.4 Å². The molecular formula is C7H11N3O. The van der Waals surface area contributed by atoms with Crippen LogP contribution in [0.2, 0.25) is 0 Å². The Morgan fingerprint density at radius 2 is 2.55 bits per heavy atom. The average molecular weight is 153 g/mol. The first-order chi connectivity index (χ1) is 5.24. The Morgan fingerprint density at radius 1 is 1.82 bits per heavy atom. The molecule has 0 radical (unpaired) electrons. The molecule has 0 aliphatic heterocycles. The minimum absolute atomic E-state index is 0.0145. The second-order valence-electron chi connectivity index (χ2n) is 2.30. The number of amides is 1. The number of hydrogen-bond donors (Lipinski definition) is 1. The molecule has 0 unspecified atom stereocenters. The molecular weight excluding hydrogens is 142 g/mol. The van der Waals surface area contributed by atoms with Crippen molar-refractivity contribution >= 4 is 5.91 Å². The van der Waals surface area contributed by atoms with Crippen molar-refractivity contribution in [3.63, 3.8) is 0 Å². The Hall–Kier alpha value is -1.32. The maximum absolute atomic E-state index is 10.9. The van der Waals surface area contributed by atoms with Gasteiger partial charge in [0.2, 0.25) is 5.91 Å². The minimum Gasteiger partial charge on any atom is -0.359 e. The number of carbonyl (C=O) groups is 1. The van der Waals surface area contributed by atoms with Crippen molar-refractivity contribution in [2.24, 2.45) is 7.05 Å². The molecule has 0 saturated heterocycles. The SMILES string of the molecule is CNC(=O)Cc1nccn1C. The maximum Gasteiger partial charge on any atom is 0.227 e. The van der Waals surface area contributed by atoms with Crippen molar-refractivity contribution < 1.29 is 4.79 Å². The van der Waals surface area contributed by atoms with Gasteiger partial charge in [0.25, 0.3) is 0 Å². The summed E-state index contributed by atoms with van der Waals surface area (Å²) >= 11 is 0. The van der Waals surface area contributed by atoms with Crippen LogP contribution in [0.1, 0.15) is 5.82 Å². The van der Waals surface area contributed by atoms with Crippen molar-refractivity contribution in [3.8, 4) is 0 Å². The molecule has 0 aliphatic carbocycles. The van der Waals surface area contributed by atoms with Crippen LogP contribution in [-0.4, -0.2) is 22.5 Å². The third kappa shape index (κ3) is 1.80. The predicted octanol–water partition coefficient (Wildman–Crippen LogP) is -0.291. The molecule has 60 valence electrons. The van der Waals surface area contributed by atoms with E-state index in [2.05, 4.69) is 10.3 Å². The monoisotopic (exact) mass is 153 g/mol. The summed E-state index contributed by atoms with van der Waals surface area (Å²) in [7, 11) is 3.48. The van der Waals surface area contributed by atoms with Gasteiger partial charge in [-0.25, -0.2) is 4.98 Å². The van der Waals surface area contributed by atoms with Crippen molar-refractivity contribution in [1.29, 1.82) is 0 Å². The largest absolute Gasteiger partial charge is 0.359 e. The lowest BCUT2D eigenvalue weighted by Gasteiger charge is -1.99. The summed E-state index contributed by atoms with van der Waals surface area (Å²) in [5, 5.41) is 2.54. The van der Waals surface area contributed by atoms with Crippen LogP contribution in [0, 0.1) is 0 Å². The van der Waals surface area contributed by atoms with Crippen LogP contribution in [0.25, 0.3) is 0 Å². The summed E-state index contributed by atoms with van der Waals surface area (Å²) in [6.07, 6.45) is 3.84. The molecule has 1 heterocycles. The van der Waals surface area contributed by atoms with Gasteiger partial charge in [0.1, 0.15) is 5.82 Å². The van der Waals surface area contributed by atoms with E-state index >= 15 is 0 Å². The van der Waals surface area contributed by atoms with Crippen molar-refractivity contribution in [2.75, 3.05) is 7.05 Å². The zero-order valence-electron chi connectivity index (χ0n) is 6.66. The van der Waals surface area contributed by atoms with E-state index in [9.17, 15) is 4.79 Å². The van der Waals surface area contributed by atoms with Gasteiger partial charge < -0.3 is 9.88 Å². The van der Waals surface area contributed by atoms with E-state index in [1.807, 2.05) is 17.8 Å². The lowest BCUT2D eigenvalue weighted by Crippen LogP contribution is -2.21. The van der Waals surface area contributed by atoms with Gasteiger partial charge in [-0.2, -0.15) is 0 Å². The Kier molecular flexibility index (Phi) is 2.25. The van der Waals surface area contributed by atoms with Gasteiger partial charge in [-0.3, -0.25) is 4.79 Å². The minimum atomic E-state index is -0.0145. The molecule has 0 aromatic carbocycles. The highest BCUT2D eigenvalue weighted by Crippen LogP contribution is 1.94. The Balaban J connectivity index is 2.64. The zero-order chi connectivity index (χ0) is 8.27.